The smallest absolute Gasteiger partial charge is 0.223 e. The van der Waals surface area contributed by atoms with E-state index in [0.29, 0.717) is 23.9 Å². The molecule has 4 unspecified atom stereocenters. The van der Waals surface area contributed by atoms with E-state index in [9.17, 15) is 4.79 Å². The summed E-state index contributed by atoms with van der Waals surface area (Å²) in [5.41, 5.74) is 7.71. The molecule has 3 saturated carbocycles. The molecule has 1 aliphatic heterocycles. The van der Waals surface area contributed by atoms with Crippen LogP contribution in [0.15, 0.2) is 24.3 Å². The van der Waals surface area contributed by atoms with Crippen LogP contribution in [0.1, 0.15) is 63.0 Å². The number of hydrogen-bond donors (Lipinski definition) is 2. The van der Waals surface area contributed by atoms with Crippen LogP contribution in [0.2, 0.25) is 0 Å². The summed E-state index contributed by atoms with van der Waals surface area (Å²) in [6, 6.07) is 9.84. The Bertz CT molecular complexity index is 742. The zero-order valence-electron chi connectivity index (χ0n) is 18.0. The zero-order valence-corrected chi connectivity index (χ0v) is 18.8. The second-order valence-corrected chi connectivity index (χ2v) is 9.79. The maximum atomic E-state index is 13.3. The first-order valence-electron chi connectivity index (χ1n) is 11.6. The second-order valence-electron chi connectivity index (χ2n) is 9.79. The molecule has 3 N–H and O–H groups in total. The number of rotatable bonds is 5. The minimum absolute atomic E-state index is 0. The van der Waals surface area contributed by atoms with E-state index in [1.165, 1.54) is 37.7 Å². The van der Waals surface area contributed by atoms with Crippen LogP contribution < -0.4 is 15.8 Å². The lowest BCUT2D eigenvalue weighted by Crippen LogP contribution is -2.50. The van der Waals surface area contributed by atoms with Crippen molar-refractivity contribution in [3.63, 3.8) is 0 Å². The van der Waals surface area contributed by atoms with Crippen molar-refractivity contribution in [3.8, 4) is 5.75 Å². The van der Waals surface area contributed by atoms with Crippen LogP contribution in [-0.4, -0.2) is 42.6 Å². The van der Waals surface area contributed by atoms with Gasteiger partial charge in [-0.2, -0.15) is 0 Å². The van der Waals surface area contributed by atoms with Gasteiger partial charge in [0.2, 0.25) is 5.91 Å². The monoisotopic (exact) mass is 433 g/mol. The van der Waals surface area contributed by atoms with Crippen LogP contribution >= 0.6 is 12.4 Å². The Balaban J connectivity index is 0.00000218. The van der Waals surface area contributed by atoms with Crippen molar-refractivity contribution in [2.45, 2.75) is 75.5 Å². The number of hydrogen-bond acceptors (Lipinski definition) is 4. The zero-order chi connectivity index (χ0) is 20.0. The van der Waals surface area contributed by atoms with E-state index in [2.05, 4.69) is 28.4 Å². The summed E-state index contributed by atoms with van der Waals surface area (Å²) in [5, 5.41) is 3.49. The quantitative estimate of drug-likeness (QED) is 0.743. The van der Waals surface area contributed by atoms with Gasteiger partial charge in [0, 0.05) is 30.6 Å². The third kappa shape index (κ3) is 4.21. The Labute approximate surface area is 186 Å². The van der Waals surface area contributed by atoms with Gasteiger partial charge in [-0.15, -0.1) is 12.4 Å². The Morgan fingerprint density at radius 3 is 2.53 bits per heavy atom. The third-order valence-electron chi connectivity index (χ3n) is 8.00. The number of nitrogens with zero attached hydrogens (tertiary/aromatic N) is 1. The molecule has 30 heavy (non-hydrogen) atoms. The number of carbonyl (C=O) groups excluding carboxylic acids is 1. The van der Waals surface area contributed by atoms with Gasteiger partial charge >= 0.3 is 0 Å². The molecule has 0 spiro atoms. The molecule has 2 bridgehead atoms. The van der Waals surface area contributed by atoms with Crippen molar-refractivity contribution in [1.29, 1.82) is 0 Å². The number of ether oxygens (including phenoxy) is 1. The molecule has 4 aliphatic rings. The molecule has 3 aliphatic carbocycles. The Morgan fingerprint density at radius 2 is 1.87 bits per heavy atom. The Hall–Kier alpha value is -1.30. The van der Waals surface area contributed by atoms with Gasteiger partial charge in [-0.25, -0.2) is 0 Å². The van der Waals surface area contributed by atoms with Crippen molar-refractivity contribution in [3.05, 3.63) is 29.8 Å². The predicted octanol–water partition coefficient (Wildman–Crippen LogP) is 3.66. The molecular formula is C24H36ClN3O2. The standard InChI is InChI=1S/C24H35N3O2.ClH/c1-29-20-7-3-6-17(14-20)23-21(10-11-27(23)19-8-9-19)26-24(28)18-12-15-4-2-5-16(13-18)22(15)25;/h3,6-7,14-16,18-19,21-23H,2,4-5,8-13,25H2,1H3,(H,26,28);1H. The van der Waals surface area contributed by atoms with Crippen LogP contribution in [0.5, 0.6) is 5.75 Å². The maximum absolute atomic E-state index is 13.3. The van der Waals surface area contributed by atoms with Gasteiger partial charge in [-0.3, -0.25) is 9.69 Å². The fourth-order valence-electron chi connectivity index (χ4n) is 6.34. The van der Waals surface area contributed by atoms with E-state index in [1.54, 1.807) is 7.11 Å². The lowest BCUT2D eigenvalue weighted by Gasteiger charge is -2.43. The predicted molar refractivity (Wildman–Crippen MR) is 121 cm³/mol. The molecule has 1 amide bonds. The molecule has 166 valence electrons. The SMILES string of the molecule is COc1cccc(C2C(NC(=O)C3CC4CCCC(C3)C4N)CCN2C2CC2)c1.Cl. The highest BCUT2D eigenvalue weighted by Gasteiger charge is 2.45. The van der Waals surface area contributed by atoms with E-state index in [4.69, 9.17) is 10.5 Å². The summed E-state index contributed by atoms with van der Waals surface area (Å²) in [6.45, 7) is 1.07. The number of carbonyl (C=O) groups is 1. The fourth-order valence-corrected chi connectivity index (χ4v) is 6.34. The third-order valence-corrected chi connectivity index (χ3v) is 8.00. The number of nitrogens with two attached hydrogens (primary N) is 1. The molecule has 1 aromatic rings. The summed E-state index contributed by atoms with van der Waals surface area (Å²) in [5.74, 6) is 2.39. The highest BCUT2D eigenvalue weighted by atomic mass is 35.5. The number of nitrogens with one attached hydrogen (secondary N) is 1. The second kappa shape index (κ2) is 9.05. The molecule has 4 atom stereocenters. The first-order valence-corrected chi connectivity index (χ1v) is 11.6. The largest absolute Gasteiger partial charge is 0.497 e. The van der Waals surface area contributed by atoms with E-state index >= 15 is 0 Å². The van der Waals surface area contributed by atoms with Crippen LogP contribution in [0.25, 0.3) is 0 Å². The van der Waals surface area contributed by atoms with Crippen LogP contribution in [0, 0.1) is 17.8 Å². The summed E-state index contributed by atoms with van der Waals surface area (Å²) < 4.78 is 5.47. The molecule has 4 fully saturated rings. The number of benzene rings is 1. The molecule has 1 saturated heterocycles. The number of amides is 1. The average Bonchev–Trinajstić information content (AvgIpc) is 3.48. The van der Waals surface area contributed by atoms with Crippen molar-refractivity contribution >= 4 is 18.3 Å². The lowest BCUT2D eigenvalue weighted by molar-refractivity contribution is -0.128. The maximum Gasteiger partial charge on any atom is 0.223 e. The van der Waals surface area contributed by atoms with Gasteiger partial charge in [0.25, 0.3) is 0 Å². The molecule has 1 heterocycles. The topological polar surface area (TPSA) is 67.6 Å². The van der Waals surface area contributed by atoms with Gasteiger partial charge in [-0.05, 0) is 74.5 Å². The fraction of sp³-hybridized carbons (Fsp3) is 0.708. The average molecular weight is 434 g/mol. The van der Waals surface area contributed by atoms with Gasteiger partial charge in [0.15, 0.2) is 0 Å². The van der Waals surface area contributed by atoms with Gasteiger partial charge in [0.1, 0.15) is 5.75 Å². The highest BCUT2D eigenvalue weighted by Crippen LogP contribution is 2.44. The van der Waals surface area contributed by atoms with Crippen molar-refractivity contribution in [2.75, 3.05) is 13.7 Å². The van der Waals surface area contributed by atoms with E-state index in [1.807, 2.05) is 6.07 Å². The molecule has 5 rings (SSSR count). The molecule has 5 nitrogen and oxygen atoms in total. The van der Waals surface area contributed by atoms with Crippen molar-refractivity contribution in [2.24, 2.45) is 23.5 Å². The molecule has 1 aromatic carbocycles. The van der Waals surface area contributed by atoms with Crippen LogP contribution in [-0.2, 0) is 4.79 Å². The number of halogens is 1. The lowest BCUT2D eigenvalue weighted by atomic mass is 9.65. The highest BCUT2D eigenvalue weighted by molar-refractivity contribution is 5.85. The molecule has 0 radical (unpaired) electrons. The summed E-state index contributed by atoms with van der Waals surface area (Å²) >= 11 is 0. The summed E-state index contributed by atoms with van der Waals surface area (Å²) in [4.78, 5) is 15.9. The number of likely N-dealkylation sites (tertiary alicyclic amines) is 1. The van der Waals surface area contributed by atoms with Gasteiger partial charge < -0.3 is 15.8 Å². The Kier molecular flexibility index (Phi) is 6.61. The van der Waals surface area contributed by atoms with E-state index in [0.717, 1.165) is 31.6 Å². The van der Waals surface area contributed by atoms with Crippen LogP contribution in [0.4, 0.5) is 0 Å². The normalized spacial score (nSPS) is 36.1. The minimum Gasteiger partial charge on any atom is -0.497 e. The van der Waals surface area contributed by atoms with E-state index < -0.39 is 0 Å². The van der Waals surface area contributed by atoms with Gasteiger partial charge in [-0.1, -0.05) is 18.6 Å². The van der Waals surface area contributed by atoms with Crippen molar-refractivity contribution < 1.29 is 9.53 Å². The van der Waals surface area contributed by atoms with E-state index in [-0.39, 0.29) is 36.3 Å². The molecule has 0 aromatic heterocycles. The van der Waals surface area contributed by atoms with Crippen molar-refractivity contribution in [1.82, 2.24) is 10.2 Å². The minimum atomic E-state index is 0. The first-order chi connectivity index (χ1) is 14.1. The molecular weight excluding hydrogens is 398 g/mol. The summed E-state index contributed by atoms with van der Waals surface area (Å²) in [6.07, 6.45) is 9.24. The first kappa shape index (κ1) is 21.9. The Morgan fingerprint density at radius 1 is 1.13 bits per heavy atom. The molecule has 6 heteroatoms. The summed E-state index contributed by atoms with van der Waals surface area (Å²) in [7, 11) is 1.72. The number of methoxy groups -OCH3 is 1. The number of fused-ring (bicyclic) bond motifs is 2. The van der Waals surface area contributed by atoms with Crippen LogP contribution in [0.3, 0.4) is 0 Å². The van der Waals surface area contributed by atoms with Gasteiger partial charge in [0.05, 0.1) is 13.2 Å².